The van der Waals surface area contributed by atoms with Crippen LogP contribution in [0.3, 0.4) is 0 Å². The predicted octanol–water partition coefficient (Wildman–Crippen LogP) is 2.32. The van der Waals surface area contributed by atoms with Gasteiger partial charge in [-0.05, 0) is 44.5 Å². The maximum atomic E-state index is 12.9. The minimum atomic E-state index is -0.0933. The Bertz CT molecular complexity index is 1030. The first-order valence-electron chi connectivity index (χ1n) is 8.66. The van der Waals surface area contributed by atoms with Crippen LogP contribution in [0.5, 0.6) is 0 Å². The number of benzene rings is 1. The summed E-state index contributed by atoms with van der Waals surface area (Å²) >= 11 is 6.06. The number of fused-ring (bicyclic) bond motifs is 1. The van der Waals surface area contributed by atoms with Gasteiger partial charge in [0.1, 0.15) is 11.5 Å². The van der Waals surface area contributed by atoms with Gasteiger partial charge in [-0.1, -0.05) is 11.6 Å². The third-order valence-corrected chi connectivity index (χ3v) is 5.09. The molecule has 1 aliphatic heterocycles. The molecule has 2 aromatic heterocycles. The SMILES string of the molecule is Cc1nc2nc(C)c(N3CCN(c4ccc(Cl)cc4C)CC3)c(=O)n2[nH]1. The zero-order valence-corrected chi connectivity index (χ0v) is 15.8. The van der Waals surface area contributed by atoms with Gasteiger partial charge in [0.25, 0.3) is 11.3 Å². The quantitative estimate of drug-likeness (QED) is 0.747. The van der Waals surface area contributed by atoms with Gasteiger partial charge < -0.3 is 9.80 Å². The summed E-state index contributed by atoms with van der Waals surface area (Å²) in [6.45, 7) is 8.96. The maximum Gasteiger partial charge on any atom is 0.297 e. The number of aryl methyl sites for hydroxylation is 3. The van der Waals surface area contributed by atoms with Crippen molar-refractivity contribution in [3.05, 3.63) is 50.7 Å². The van der Waals surface area contributed by atoms with Crippen LogP contribution in [0.4, 0.5) is 11.4 Å². The third-order valence-electron chi connectivity index (χ3n) is 4.85. The summed E-state index contributed by atoms with van der Waals surface area (Å²) in [4.78, 5) is 26.1. The molecule has 0 aliphatic carbocycles. The molecule has 1 saturated heterocycles. The molecule has 8 heteroatoms. The Hall–Kier alpha value is -2.54. The zero-order valence-electron chi connectivity index (χ0n) is 15.1. The summed E-state index contributed by atoms with van der Waals surface area (Å²) < 4.78 is 1.42. The summed E-state index contributed by atoms with van der Waals surface area (Å²) in [5.74, 6) is 1.10. The van der Waals surface area contributed by atoms with Gasteiger partial charge >= 0.3 is 0 Å². The van der Waals surface area contributed by atoms with Crippen molar-refractivity contribution in [2.75, 3.05) is 36.0 Å². The first kappa shape index (κ1) is 16.9. The second-order valence-corrected chi connectivity index (χ2v) is 7.14. The van der Waals surface area contributed by atoms with Crippen LogP contribution in [0.1, 0.15) is 17.1 Å². The fourth-order valence-corrected chi connectivity index (χ4v) is 3.85. The van der Waals surface area contributed by atoms with Gasteiger partial charge in [-0.3, -0.25) is 9.89 Å². The zero-order chi connectivity index (χ0) is 18.4. The van der Waals surface area contributed by atoms with Gasteiger partial charge in [0.2, 0.25) is 0 Å². The Labute approximate surface area is 156 Å². The summed E-state index contributed by atoms with van der Waals surface area (Å²) in [6.07, 6.45) is 0. The lowest BCUT2D eigenvalue weighted by atomic mass is 10.1. The molecular weight excluding hydrogens is 352 g/mol. The molecular formula is C18H21ClN6O. The van der Waals surface area contributed by atoms with Crippen LogP contribution >= 0.6 is 11.6 Å². The van der Waals surface area contributed by atoms with Crippen molar-refractivity contribution in [2.45, 2.75) is 20.8 Å². The van der Waals surface area contributed by atoms with Crippen LogP contribution < -0.4 is 15.4 Å². The molecule has 0 bridgehead atoms. The van der Waals surface area contributed by atoms with E-state index in [2.05, 4.69) is 37.9 Å². The van der Waals surface area contributed by atoms with E-state index in [-0.39, 0.29) is 5.56 Å². The molecule has 3 heterocycles. The largest absolute Gasteiger partial charge is 0.368 e. The van der Waals surface area contributed by atoms with Gasteiger partial charge in [0.15, 0.2) is 0 Å². The highest BCUT2D eigenvalue weighted by atomic mass is 35.5. The molecule has 0 amide bonds. The average Bonchev–Trinajstić information content (AvgIpc) is 2.96. The lowest BCUT2D eigenvalue weighted by molar-refractivity contribution is 0.644. The van der Waals surface area contributed by atoms with Gasteiger partial charge in [0, 0.05) is 36.9 Å². The summed E-state index contributed by atoms with van der Waals surface area (Å²) in [7, 11) is 0. The number of nitrogens with zero attached hydrogens (tertiary/aromatic N) is 5. The third kappa shape index (κ3) is 2.82. The van der Waals surface area contributed by atoms with E-state index in [1.165, 1.54) is 15.8 Å². The van der Waals surface area contributed by atoms with Crippen molar-refractivity contribution in [3.8, 4) is 0 Å². The van der Waals surface area contributed by atoms with Gasteiger partial charge in [0.05, 0.1) is 5.69 Å². The van der Waals surface area contributed by atoms with E-state index in [1.54, 1.807) is 0 Å². The monoisotopic (exact) mass is 372 g/mol. The number of anilines is 2. The van der Waals surface area contributed by atoms with E-state index in [1.807, 2.05) is 26.0 Å². The van der Waals surface area contributed by atoms with E-state index in [0.717, 1.165) is 36.9 Å². The number of hydrogen-bond donors (Lipinski definition) is 1. The molecule has 0 radical (unpaired) electrons. The molecule has 4 rings (SSSR count). The summed E-state index contributed by atoms with van der Waals surface area (Å²) in [5.41, 5.74) is 3.64. The van der Waals surface area contributed by atoms with Crippen molar-refractivity contribution < 1.29 is 0 Å². The Morgan fingerprint density at radius 1 is 1.04 bits per heavy atom. The number of piperazine rings is 1. The number of nitrogens with one attached hydrogen (secondary N) is 1. The molecule has 26 heavy (non-hydrogen) atoms. The van der Waals surface area contributed by atoms with Crippen LogP contribution in [-0.4, -0.2) is 45.8 Å². The summed E-state index contributed by atoms with van der Waals surface area (Å²) in [6, 6.07) is 5.97. The van der Waals surface area contributed by atoms with Crippen LogP contribution in [0.2, 0.25) is 5.02 Å². The maximum absolute atomic E-state index is 12.9. The molecule has 0 saturated carbocycles. The highest BCUT2D eigenvalue weighted by molar-refractivity contribution is 6.30. The molecule has 1 fully saturated rings. The standard InChI is InChI=1S/C18H21ClN6O/c1-11-10-14(19)4-5-15(11)23-6-8-24(9-7-23)16-12(2)20-18-21-13(3)22-25(18)17(16)26/h4-5,10H,6-9H2,1-3H3,(H,20,21,22). The lowest BCUT2D eigenvalue weighted by Gasteiger charge is -2.37. The molecule has 1 aromatic carbocycles. The predicted molar refractivity (Wildman–Crippen MR) is 104 cm³/mol. The van der Waals surface area contributed by atoms with E-state index in [4.69, 9.17) is 11.6 Å². The highest BCUT2D eigenvalue weighted by Crippen LogP contribution is 2.25. The lowest BCUT2D eigenvalue weighted by Crippen LogP contribution is -2.48. The molecule has 0 spiro atoms. The Morgan fingerprint density at radius 2 is 1.73 bits per heavy atom. The molecule has 1 N–H and O–H groups in total. The normalized spacial score (nSPS) is 15.1. The van der Waals surface area contributed by atoms with E-state index >= 15 is 0 Å². The van der Waals surface area contributed by atoms with Crippen molar-refractivity contribution in [2.24, 2.45) is 0 Å². The Morgan fingerprint density at radius 3 is 2.42 bits per heavy atom. The van der Waals surface area contributed by atoms with Gasteiger partial charge in [-0.15, -0.1) is 0 Å². The second-order valence-electron chi connectivity index (χ2n) is 6.70. The van der Waals surface area contributed by atoms with E-state index in [9.17, 15) is 4.79 Å². The van der Waals surface area contributed by atoms with Gasteiger partial charge in [-0.2, -0.15) is 9.50 Å². The molecule has 1 aliphatic rings. The second kappa shape index (κ2) is 6.32. The minimum absolute atomic E-state index is 0.0933. The highest BCUT2D eigenvalue weighted by Gasteiger charge is 2.24. The first-order chi connectivity index (χ1) is 12.4. The first-order valence-corrected chi connectivity index (χ1v) is 9.04. The van der Waals surface area contributed by atoms with Crippen molar-refractivity contribution in [1.29, 1.82) is 0 Å². The number of H-pyrrole nitrogens is 1. The Balaban J connectivity index is 1.60. The molecule has 0 atom stereocenters. The number of hydrogen-bond acceptors (Lipinski definition) is 5. The fraction of sp³-hybridized carbons (Fsp3) is 0.389. The average molecular weight is 373 g/mol. The molecule has 136 valence electrons. The van der Waals surface area contributed by atoms with Crippen molar-refractivity contribution in [3.63, 3.8) is 0 Å². The van der Waals surface area contributed by atoms with Crippen molar-refractivity contribution >= 4 is 28.8 Å². The molecule has 7 nitrogen and oxygen atoms in total. The number of aromatic nitrogens is 4. The van der Waals surface area contributed by atoms with Crippen LogP contribution in [0.25, 0.3) is 5.78 Å². The van der Waals surface area contributed by atoms with Crippen LogP contribution in [-0.2, 0) is 0 Å². The number of aromatic amines is 1. The fourth-order valence-electron chi connectivity index (χ4n) is 3.63. The smallest absolute Gasteiger partial charge is 0.297 e. The van der Waals surface area contributed by atoms with Gasteiger partial charge in [-0.25, -0.2) is 4.98 Å². The topological polar surface area (TPSA) is 69.5 Å². The number of halogens is 1. The minimum Gasteiger partial charge on any atom is -0.368 e. The van der Waals surface area contributed by atoms with E-state index in [0.29, 0.717) is 17.3 Å². The van der Waals surface area contributed by atoms with Crippen LogP contribution in [0.15, 0.2) is 23.0 Å². The van der Waals surface area contributed by atoms with E-state index < -0.39 is 0 Å². The summed E-state index contributed by atoms with van der Waals surface area (Å²) in [5, 5.41) is 3.71. The van der Waals surface area contributed by atoms with Crippen molar-refractivity contribution in [1.82, 2.24) is 19.6 Å². The number of rotatable bonds is 2. The Kier molecular flexibility index (Phi) is 4.11. The van der Waals surface area contributed by atoms with Crippen LogP contribution in [0, 0.1) is 20.8 Å². The molecule has 3 aromatic rings. The molecule has 0 unspecified atom stereocenters.